The number of aromatic hydroxyl groups is 1. The molecule has 3 rings (SSSR count). The lowest BCUT2D eigenvalue weighted by molar-refractivity contribution is -0.143. The second-order valence-corrected chi connectivity index (χ2v) is 7.00. The summed E-state index contributed by atoms with van der Waals surface area (Å²) in [6, 6.07) is 8.12. The second kappa shape index (κ2) is 10.5. The molecule has 0 aliphatic heterocycles. The molecule has 0 unspecified atom stereocenters. The highest BCUT2D eigenvalue weighted by atomic mass is 16.6. The number of phenols is 1. The molecule has 11 heteroatoms. The van der Waals surface area contributed by atoms with Gasteiger partial charge in [0.05, 0.1) is 18.5 Å². The van der Waals surface area contributed by atoms with E-state index in [1.807, 2.05) is 0 Å². The highest BCUT2D eigenvalue weighted by molar-refractivity contribution is 6.11. The van der Waals surface area contributed by atoms with E-state index < -0.39 is 18.0 Å². The number of ether oxygens (including phenoxy) is 2. The number of nitrogens with one attached hydrogen (secondary N) is 2. The van der Waals surface area contributed by atoms with Crippen LogP contribution in [0.5, 0.6) is 11.5 Å². The van der Waals surface area contributed by atoms with E-state index in [4.69, 9.17) is 19.6 Å². The minimum atomic E-state index is -0.797. The number of benzene rings is 2. The molecule has 2 aromatic carbocycles. The summed E-state index contributed by atoms with van der Waals surface area (Å²) in [6.07, 6.45) is -0.499. The van der Waals surface area contributed by atoms with E-state index in [1.165, 1.54) is 13.0 Å². The van der Waals surface area contributed by atoms with Gasteiger partial charge in [-0.3, -0.25) is 14.4 Å². The number of fused-ring (bicyclic) bond motifs is 2. The number of hydrogen-bond acceptors (Lipinski definition) is 9. The smallest absolute Gasteiger partial charge is 0.412 e. The van der Waals surface area contributed by atoms with Crippen molar-refractivity contribution in [2.75, 3.05) is 26.2 Å². The molecule has 0 aliphatic rings. The number of carbonyl (C=O) groups is 4. The number of amides is 2. The summed E-state index contributed by atoms with van der Waals surface area (Å²) in [5, 5.41) is 16.5. The lowest BCUT2D eigenvalue weighted by Gasteiger charge is -2.11. The summed E-state index contributed by atoms with van der Waals surface area (Å²) < 4.78 is 15.9. The Hall–Kier alpha value is -4.12. The summed E-state index contributed by atoms with van der Waals surface area (Å²) in [4.78, 5) is 46.6. The van der Waals surface area contributed by atoms with Crippen molar-refractivity contribution < 1.29 is 38.2 Å². The van der Waals surface area contributed by atoms with Crippen molar-refractivity contribution in [2.45, 2.75) is 13.3 Å². The molecule has 1 heterocycles. The van der Waals surface area contributed by atoms with Gasteiger partial charge < -0.3 is 35.4 Å². The first-order valence-electron chi connectivity index (χ1n) is 10.1. The zero-order valence-electron chi connectivity index (χ0n) is 17.8. The van der Waals surface area contributed by atoms with Crippen LogP contribution in [-0.4, -0.2) is 55.1 Å². The zero-order valence-corrected chi connectivity index (χ0v) is 17.8. The number of rotatable bonds is 9. The number of carbonyl (C=O) groups excluding carboxylic acids is 4. The standard InChI is InChI=1S/C22H23N3O8/c1-12(26)16-9-15-19(29)13-5-2-3-6-14(13)20(21(15)32-16)33-22(30)24-7-4-8-31-18(28)11-25-17(27)10-23/h2-3,5-6,9,29H,4,7-8,10-11,23H2,1H3,(H,24,30)(H,25,27). The highest BCUT2D eigenvalue weighted by Gasteiger charge is 2.22. The van der Waals surface area contributed by atoms with Gasteiger partial charge in [-0.25, -0.2) is 4.79 Å². The van der Waals surface area contributed by atoms with Crippen molar-refractivity contribution in [1.29, 1.82) is 0 Å². The first-order valence-corrected chi connectivity index (χ1v) is 10.1. The molecular weight excluding hydrogens is 434 g/mol. The summed E-state index contributed by atoms with van der Waals surface area (Å²) in [5.41, 5.74) is 5.18. The SMILES string of the molecule is CC(=O)c1cc2c(O)c3ccccc3c(OC(=O)NCCCOC(=O)CNC(=O)CN)c2o1. The number of nitrogens with two attached hydrogens (primary N) is 1. The molecule has 0 fully saturated rings. The van der Waals surface area contributed by atoms with Crippen LogP contribution in [0.2, 0.25) is 0 Å². The molecular formula is C22H23N3O8. The van der Waals surface area contributed by atoms with Crippen molar-refractivity contribution in [3.63, 3.8) is 0 Å². The quantitative estimate of drug-likeness (QED) is 0.212. The molecule has 1 aromatic heterocycles. The van der Waals surface area contributed by atoms with Gasteiger partial charge in [-0.1, -0.05) is 24.3 Å². The van der Waals surface area contributed by atoms with E-state index in [-0.39, 0.29) is 60.3 Å². The Morgan fingerprint density at radius 2 is 1.82 bits per heavy atom. The Morgan fingerprint density at radius 1 is 1.09 bits per heavy atom. The first-order chi connectivity index (χ1) is 15.8. The maximum absolute atomic E-state index is 12.4. The van der Waals surface area contributed by atoms with Crippen LogP contribution in [0.3, 0.4) is 0 Å². The summed E-state index contributed by atoms with van der Waals surface area (Å²) in [5.74, 6) is -1.46. The van der Waals surface area contributed by atoms with Gasteiger partial charge in [0.25, 0.3) is 0 Å². The average Bonchev–Trinajstić information content (AvgIpc) is 3.26. The number of phenolic OH excluding ortho intramolecular Hbond substituents is 1. The number of ketones is 1. The fraction of sp³-hybridized carbons (Fsp3) is 0.273. The molecule has 0 aliphatic carbocycles. The Labute approximate surface area is 187 Å². The van der Waals surface area contributed by atoms with Gasteiger partial charge in [-0.05, 0) is 12.5 Å². The van der Waals surface area contributed by atoms with E-state index in [0.717, 1.165) is 0 Å². The lowest BCUT2D eigenvalue weighted by atomic mass is 10.1. The normalized spacial score (nSPS) is 10.7. The highest BCUT2D eigenvalue weighted by Crippen LogP contribution is 2.43. The molecule has 11 nitrogen and oxygen atoms in total. The first kappa shape index (κ1) is 23.5. The third-order valence-corrected chi connectivity index (χ3v) is 4.63. The summed E-state index contributed by atoms with van der Waals surface area (Å²) >= 11 is 0. The predicted molar refractivity (Wildman–Crippen MR) is 117 cm³/mol. The fourth-order valence-corrected chi connectivity index (χ4v) is 3.04. The number of esters is 1. The molecule has 0 saturated carbocycles. The second-order valence-electron chi connectivity index (χ2n) is 7.00. The molecule has 0 radical (unpaired) electrons. The molecule has 0 atom stereocenters. The molecule has 33 heavy (non-hydrogen) atoms. The van der Waals surface area contributed by atoms with E-state index in [1.54, 1.807) is 24.3 Å². The maximum Gasteiger partial charge on any atom is 0.412 e. The fourth-order valence-electron chi connectivity index (χ4n) is 3.04. The van der Waals surface area contributed by atoms with Gasteiger partial charge in [0.2, 0.25) is 5.91 Å². The van der Waals surface area contributed by atoms with Gasteiger partial charge in [0.15, 0.2) is 22.9 Å². The monoisotopic (exact) mass is 457 g/mol. The van der Waals surface area contributed by atoms with E-state index in [2.05, 4.69) is 10.6 Å². The molecule has 174 valence electrons. The van der Waals surface area contributed by atoms with Crippen molar-refractivity contribution in [2.24, 2.45) is 5.73 Å². The van der Waals surface area contributed by atoms with Crippen LogP contribution in [0.1, 0.15) is 23.9 Å². The minimum Gasteiger partial charge on any atom is -0.507 e. The molecule has 5 N–H and O–H groups in total. The van der Waals surface area contributed by atoms with Crippen LogP contribution in [0.15, 0.2) is 34.7 Å². The van der Waals surface area contributed by atoms with Gasteiger partial charge in [-0.2, -0.15) is 0 Å². The van der Waals surface area contributed by atoms with Crippen LogP contribution < -0.4 is 21.1 Å². The molecule has 3 aromatic rings. The Kier molecular flexibility index (Phi) is 7.46. The summed E-state index contributed by atoms with van der Waals surface area (Å²) in [6.45, 7) is 0.957. The Bertz CT molecular complexity index is 1220. The topological polar surface area (TPSA) is 170 Å². The number of hydrogen-bond donors (Lipinski definition) is 4. The van der Waals surface area contributed by atoms with Gasteiger partial charge in [-0.15, -0.1) is 0 Å². The zero-order chi connectivity index (χ0) is 24.0. The van der Waals surface area contributed by atoms with Crippen LogP contribution in [0.25, 0.3) is 21.7 Å². The van der Waals surface area contributed by atoms with E-state index >= 15 is 0 Å². The molecule has 0 saturated heterocycles. The van der Waals surface area contributed by atoms with Gasteiger partial charge in [0, 0.05) is 24.2 Å². The summed E-state index contributed by atoms with van der Waals surface area (Å²) in [7, 11) is 0. The van der Waals surface area contributed by atoms with E-state index in [9.17, 15) is 24.3 Å². The molecule has 2 amide bonds. The predicted octanol–water partition coefficient (Wildman–Crippen LogP) is 1.59. The van der Waals surface area contributed by atoms with Gasteiger partial charge in [0.1, 0.15) is 12.3 Å². The average molecular weight is 457 g/mol. The van der Waals surface area contributed by atoms with Crippen LogP contribution in [0, 0.1) is 0 Å². The van der Waals surface area contributed by atoms with Crippen molar-refractivity contribution in [1.82, 2.24) is 10.6 Å². The number of furan rings is 1. The van der Waals surface area contributed by atoms with E-state index in [0.29, 0.717) is 17.2 Å². The Morgan fingerprint density at radius 3 is 2.52 bits per heavy atom. The van der Waals surface area contributed by atoms with Gasteiger partial charge >= 0.3 is 12.1 Å². The molecule has 0 spiro atoms. The third-order valence-electron chi connectivity index (χ3n) is 4.63. The number of Topliss-reactive ketones (excluding diaryl/α,β-unsaturated/α-hetero) is 1. The minimum absolute atomic E-state index is 0.0180. The van der Waals surface area contributed by atoms with Crippen LogP contribution >= 0.6 is 0 Å². The van der Waals surface area contributed by atoms with Crippen molar-refractivity contribution in [3.8, 4) is 11.5 Å². The molecule has 0 bridgehead atoms. The largest absolute Gasteiger partial charge is 0.507 e. The Balaban J connectivity index is 1.63. The van der Waals surface area contributed by atoms with Crippen molar-refractivity contribution in [3.05, 3.63) is 36.1 Å². The van der Waals surface area contributed by atoms with Crippen LogP contribution in [0.4, 0.5) is 4.79 Å². The maximum atomic E-state index is 12.4. The third kappa shape index (κ3) is 5.57. The van der Waals surface area contributed by atoms with Crippen molar-refractivity contribution >= 4 is 45.5 Å². The lowest BCUT2D eigenvalue weighted by Crippen LogP contribution is -2.35. The van der Waals surface area contributed by atoms with Crippen LogP contribution in [-0.2, 0) is 14.3 Å².